The molecule has 0 heterocycles. The van der Waals surface area contributed by atoms with Crippen LogP contribution >= 0.6 is 0 Å². The number of ether oxygens (including phenoxy) is 1. The molecule has 1 heteroatoms. The summed E-state index contributed by atoms with van der Waals surface area (Å²) in [5, 5.41) is 0. The largest absolute Gasteiger partial charge is 0.370 e. The molecule has 0 unspecified atom stereocenters. The molecule has 0 aromatic rings. The molecule has 0 saturated carbocycles. The number of hydrogen-bond acceptors (Lipinski definition) is 1. The van der Waals surface area contributed by atoms with Gasteiger partial charge in [0.1, 0.15) is 0 Å². The molecular formula is C15H26O. The van der Waals surface area contributed by atoms with E-state index in [9.17, 15) is 0 Å². The fourth-order valence-corrected chi connectivity index (χ4v) is 1.96. The minimum absolute atomic E-state index is 0.244. The molecule has 0 saturated heterocycles. The molecule has 1 aliphatic rings. The second-order valence-electron chi connectivity index (χ2n) is 4.55. The molecule has 0 spiro atoms. The second kappa shape index (κ2) is 9.65. The first-order chi connectivity index (χ1) is 7.93. The summed E-state index contributed by atoms with van der Waals surface area (Å²) in [6.45, 7) is 3.17. The van der Waals surface area contributed by atoms with E-state index in [1.165, 1.54) is 44.9 Å². The Balaban J connectivity index is 1.82. The van der Waals surface area contributed by atoms with Crippen molar-refractivity contribution >= 4 is 0 Å². The molecule has 0 bridgehead atoms. The summed E-state index contributed by atoms with van der Waals surface area (Å²) < 4.78 is 5.74. The van der Waals surface area contributed by atoms with E-state index in [1.807, 2.05) is 0 Å². The molecule has 1 aliphatic carbocycles. The molecule has 92 valence electrons. The monoisotopic (exact) mass is 222 g/mol. The topological polar surface area (TPSA) is 9.23 Å². The van der Waals surface area contributed by atoms with E-state index in [0.717, 1.165) is 13.0 Å². The van der Waals surface area contributed by atoms with Gasteiger partial charge in [-0.05, 0) is 12.8 Å². The Morgan fingerprint density at radius 1 is 0.938 bits per heavy atom. The lowest BCUT2D eigenvalue weighted by atomic mass is 10.1. The van der Waals surface area contributed by atoms with Gasteiger partial charge in [-0.3, -0.25) is 0 Å². The first-order valence-electron chi connectivity index (χ1n) is 6.88. The quantitative estimate of drug-likeness (QED) is 0.408. The summed E-state index contributed by atoms with van der Waals surface area (Å²) in [6, 6.07) is 0. The third kappa shape index (κ3) is 6.84. The lowest BCUT2D eigenvalue weighted by Crippen LogP contribution is -2.09. The zero-order valence-corrected chi connectivity index (χ0v) is 10.7. The van der Waals surface area contributed by atoms with E-state index in [-0.39, 0.29) is 6.10 Å². The average Bonchev–Trinajstić information content (AvgIpc) is 2.34. The van der Waals surface area contributed by atoms with Gasteiger partial charge in [0.05, 0.1) is 6.10 Å². The molecule has 1 rings (SSSR count). The van der Waals surface area contributed by atoms with Crippen LogP contribution in [0.3, 0.4) is 0 Å². The molecule has 0 aliphatic heterocycles. The lowest BCUT2D eigenvalue weighted by Gasteiger charge is -2.12. The van der Waals surface area contributed by atoms with E-state index in [0.29, 0.717) is 0 Å². The van der Waals surface area contributed by atoms with Crippen molar-refractivity contribution in [3.05, 3.63) is 24.3 Å². The highest BCUT2D eigenvalue weighted by molar-refractivity contribution is 5.10. The Hall–Kier alpha value is -0.560. The maximum absolute atomic E-state index is 5.74. The second-order valence-corrected chi connectivity index (χ2v) is 4.55. The van der Waals surface area contributed by atoms with Crippen molar-refractivity contribution in [1.29, 1.82) is 0 Å². The van der Waals surface area contributed by atoms with E-state index < -0.39 is 0 Å². The molecule has 0 atom stereocenters. The Morgan fingerprint density at radius 2 is 1.56 bits per heavy atom. The van der Waals surface area contributed by atoms with Crippen molar-refractivity contribution in [1.82, 2.24) is 0 Å². The van der Waals surface area contributed by atoms with Crippen molar-refractivity contribution in [2.45, 2.75) is 64.4 Å². The van der Waals surface area contributed by atoms with E-state index in [1.54, 1.807) is 0 Å². The maximum Gasteiger partial charge on any atom is 0.0937 e. The van der Waals surface area contributed by atoms with Gasteiger partial charge in [-0.15, -0.1) is 0 Å². The summed E-state index contributed by atoms with van der Waals surface area (Å²) in [4.78, 5) is 0. The SMILES string of the molecule is CCCCCCCCCOC1C=CCC=C1. The molecule has 16 heavy (non-hydrogen) atoms. The van der Waals surface area contributed by atoms with Crippen molar-refractivity contribution in [3.63, 3.8) is 0 Å². The number of rotatable bonds is 9. The Labute approximate surface area is 101 Å². The lowest BCUT2D eigenvalue weighted by molar-refractivity contribution is 0.110. The van der Waals surface area contributed by atoms with Gasteiger partial charge in [0, 0.05) is 6.61 Å². The molecule has 1 nitrogen and oxygen atoms in total. The predicted octanol–water partition coefficient (Wildman–Crippen LogP) is 4.64. The highest BCUT2D eigenvalue weighted by atomic mass is 16.5. The molecule has 0 amide bonds. The summed E-state index contributed by atoms with van der Waals surface area (Å²) in [6.07, 6.45) is 19.4. The van der Waals surface area contributed by atoms with Crippen LogP contribution in [0.1, 0.15) is 58.3 Å². The van der Waals surface area contributed by atoms with Crippen LogP contribution in [0.25, 0.3) is 0 Å². The van der Waals surface area contributed by atoms with Gasteiger partial charge in [0.15, 0.2) is 0 Å². The fourth-order valence-electron chi connectivity index (χ4n) is 1.96. The van der Waals surface area contributed by atoms with Gasteiger partial charge < -0.3 is 4.74 Å². The minimum Gasteiger partial charge on any atom is -0.370 e. The zero-order valence-electron chi connectivity index (χ0n) is 10.7. The van der Waals surface area contributed by atoms with Gasteiger partial charge in [-0.2, -0.15) is 0 Å². The fraction of sp³-hybridized carbons (Fsp3) is 0.733. The predicted molar refractivity (Wildman–Crippen MR) is 70.6 cm³/mol. The molecular weight excluding hydrogens is 196 g/mol. The number of hydrogen-bond donors (Lipinski definition) is 0. The van der Waals surface area contributed by atoms with Crippen molar-refractivity contribution < 1.29 is 4.74 Å². The van der Waals surface area contributed by atoms with Crippen LogP contribution in [0.5, 0.6) is 0 Å². The molecule has 0 fully saturated rings. The normalized spacial score (nSPS) is 15.8. The summed E-state index contributed by atoms with van der Waals surface area (Å²) >= 11 is 0. The van der Waals surface area contributed by atoms with Crippen LogP contribution in [0.2, 0.25) is 0 Å². The van der Waals surface area contributed by atoms with Crippen LogP contribution in [-0.4, -0.2) is 12.7 Å². The summed E-state index contributed by atoms with van der Waals surface area (Å²) in [7, 11) is 0. The first kappa shape index (κ1) is 13.5. The van der Waals surface area contributed by atoms with Gasteiger partial charge in [-0.25, -0.2) is 0 Å². The van der Waals surface area contributed by atoms with Crippen molar-refractivity contribution in [2.24, 2.45) is 0 Å². The maximum atomic E-state index is 5.74. The van der Waals surface area contributed by atoms with Crippen LogP contribution in [0, 0.1) is 0 Å². The van der Waals surface area contributed by atoms with Gasteiger partial charge in [0.25, 0.3) is 0 Å². The van der Waals surface area contributed by atoms with Crippen LogP contribution in [0.15, 0.2) is 24.3 Å². The van der Waals surface area contributed by atoms with Crippen molar-refractivity contribution in [2.75, 3.05) is 6.61 Å². The Bertz CT molecular complexity index is 193. The third-order valence-electron chi connectivity index (χ3n) is 2.98. The highest BCUT2D eigenvalue weighted by Crippen LogP contribution is 2.09. The first-order valence-corrected chi connectivity index (χ1v) is 6.88. The molecule has 0 radical (unpaired) electrons. The van der Waals surface area contributed by atoms with E-state index >= 15 is 0 Å². The van der Waals surface area contributed by atoms with Crippen LogP contribution in [-0.2, 0) is 4.74 Å². The molecule has 0 aromatic heterocycles. The van der Waals surface area contributed by atoms with Gasteiger partial charge >= 0.3 is 0 Å². The van der Waals surface area contributed by atoms with Gasteiger partial charge in [-0.1, -0.05) is 69.8 Å². The third-order valence-corrected chi connectivity index (χ3v) is 2.98. The standard InChI is InChI=1S/C15H26O/c1-2-3-4-5-6-7-11-14-16-15-12-9-8-10-13-15/h9-10,12-13,15H,2-8,11,14H2,1H3. The van der Waals surface area contributed by atoms with Crippen LogP contribution < -0.4 is 0 Å². The van der Waals surface area contributed by atoms with Crippen molar-refractivity contribution in [3.8, 4) is 0 Å². The summed E-state index contributed by atoms with van der Waals surface area (Å²) in [5.41, 5.74) is 0. The average molecular weight is 222 g/mol. The summed E-state index contributed by atoms with van der Waals surface area (Å²) in [5.74, 6) is 0. The smallest absolute Gasteiger partial charge is 0.0937 e. The van der Waals surface area contributed by atoms with Crippen LogP contribution in [0.4, 0.5) is 0 Å². The van der Waals surface area contributed by atoms with E-state index in [2.05, 4.69) is 31.2 Å². The van der Waals surface area contributed by atoms with Gasteiger partial charge in [0.2, 0.25) is 0 Å². The Morgan fingerprint density at radius 3 is 2.25 bits per heavy atom. The molecule has 0 aromatic carbocycles. The molecule has 0 N–H and O–H groups in total. The number of allylic oxidation sites excluding steroid dienone is 2. The highest BCUT2D eigenvalue weighted by Gasteiger charge is 2.01. The van der Waals surface area contributed by atoms with E-state index in [4.69, 9.17) is 4.74 Å². The Kier molecular flexibility index (Phi) is 8.15. The zero-order chi connectivity index (χ0) is 11.5. The number of unbranched alkanes of at least 4 members (excludes halogenated alkanes) is 6. The minimum atomic E-state index is 0.244.